The summed E-state index contributed by atoms with van der Waals surface area (Å²) in [4.78, 5) is 30.7. The Labute approximate surface area is 176 Å². The molecule has 1 aliphatic heterocycles. The first-order valence-corrected chi connectivity index (χ1v) is 11.2. The molecule has 150 valence electrons. The number of fused-ring (bicyclic) bond motifs is 1. The van der Waals surface area contributed by atoms with Gasteiger partial charge in [-0.1, -0.05) is 37.6 Å². The molecule has 1 aliphatic rings. The normalized spacial score (nSPS) is 16.0. The molecule has 2 aromatic rings. The number of thiophene rings is 1. The third-order valence-corrected chi connectivity index (χ3v) is 6.36. The Bertz CT molecular complexity index is 818. The zero-order valence-corrected chi connectivity index (χ0v) is 18.1. The molecule has 4 nitrogen and oxygen atoms in total. The fourth-order valence-corrected chi connectivity index (χ4v) is 4.81. The van der Waals surface area contributed by atoms with E-state index in [1.165, 1.54) is 10.4 Å². The Kier molecular flexibility index (Phi) is 7.13. The number of carbonyl (C=O) groups is 2. The largest absolute Gasteiger partial charge is 0.333 e. The van der Waals surface area contributed by atoms with Crippen LogP contribution in [-0.2, 0) is 16.0 Å². The number of nitrogens with zero attached hydrogens (tertiary/aromatic N) is 2. The van der Waals surface area contributed by atoms with Gasteiger partial charge in [-0.15, -0.1) is 11.3 Å². The van der Waals surface area contributed by atoms with Crippen molar-refractivity contribution in [3.05, 3.63) is 56.7 Å². The molecule has 0 aliphatic carbocycles. The lowest BCUT2D eigenvalue weighted by Gasteiger charge is -2.37. The van der Waals surface area contributed by atoms with Crippen molar-refractivity contribution >= 4 is 34.8 Å². The van der Waals surface area contributed by atoms with Gasteiger partial charge >= 0.3 is 0 Å². The van der Waals surface area contributed by atoms with Gasteiger partial charge in [-0.05, 0) is 54.0 Å². The average molecular weight is 419 g/mol. The second-order valence-corrected chi connectivity index (χ2v) is 8.59. The highest BCUT2D eigenvalue weighted by Crippen LogP contribution is 2.38. The van der Waals surface area contributed by atoms with E-state index in [1.807, 2.05) is 43.0 Å². The summed E-state index contributed by atoms with van der Waals surface area (Å²) in [5.74, 6) is 0.0728. The lowest BCUT2D eigenvalue weighted by Crippen LogP contribution is -2.46. The SMILES string of the molecule is CCCC(=O)N(CCC)CC(=O)N1CCc2sccc2C1c1ccc(Cl)cc1. The van der Waals surface area contributed by atoms with Crippen molar-refractivity contribution in [3.63, 3.8) is 0 Å². The molecule has 3 rings (SSSR count). The molecule has 6 heteroatoms. The summed E-state index contributed by atoms with van der Waals surface area (Å²) in [5, 5.41) is 2.78. The van der Waals surface area contributed by atoms with Gasteiger partial charge in [-0.2, -0.15) is 0 Å². The highest BCUT2D eigenvalue weighted by atomic mass is 35.5. The maximum atomic E-state index is 13.3. The Morgan fingerprint density at radius 1 is 1.18 bits per heavy atom. The molecular weight excluding hydrogens is 392 g/mol. The number of benzene rings is 1. The molecular formula is C22H27ClN2O2S. The topological polar surface area (TPSA) is 40.6 Å². The van der Waals surface area contributed by atoms with Crippen molar-refractivity contribution in [1.29, 1.82) is 0 Å². The second kappa shape index (κ2) is 9.57. The highest BCUT2D eigenvalue weighted by Gasteiger charge is 2.33. The van der Waals surface area contributed by atoms with E-state index < -0.39 is 0 Å². The zero-order valence-electron chi connectivity index (χ0n) is 16.5. The van der Waals surface area contributed by atoms with Crippen LogP contribution in [-0.4, -0.2) is 41.2 Å². The molecule has 0 spiro atoms. The summed E-state index contributed by atoms with van der Waals surface area (Å²) in [6.45, 7) is 5.46. The lowest BCUT2D eigenvalue weighted by atomic mass is 9.93. The van der Waals surface area contributed by atoms with E-state index in [0.29, 0.717) is 24.5 Å². The van der Waals surface area contributed by atoms with Crippen molar-refractivity contribution < 1.29 is 9.59 Å². The average Bonchev–Trinajstić information content (AvgIpc) is 3.16. The van der Waals surface area contributed by atoms with Crippen molar-refractivity contribution in [3.8, 4) is 0 Å². The number of halogens is 1. The van der Waals surface area contributed by atoms with Gasteiger partial charge < -0.3 is 9.80 Å². The summed E-state index contributed by atoms with van der Waals surface area (Å²) >= 11 is 7.82. The Morgan fingerprint density at radius 3 is 2.61 bits per heavy atom. The standard InChI is InChI=1S/C22H27ClN2O2S/c1-3-5-20(26)24(12-4-2)15-21(27)25-13-10-19-18(11-14-28-19)22(25)16-6-8-17(23)9-7-16/h6-9,11,14,22H,3-5,10,12-13,15H2,1-2H3. The number of rotatable bonds is 7. The monoisotopic (exact) mass is 418 g/mol. The molecule has 1 aromatic heterocycles. The summed E-state index contributed by atoms with van der Waals surface area (Å²) in [6.07, 6.45) is 2.99. The number of hydrogen-bond donors (Lipinski definition) is 0. The molecule has 1 aromatic carbocycles. The maximum absolute atomic E-state index is 13.3. The second-order valence-electron chi connectivity index (χ2n) is 7.16. The van der Waals surface area contributed by atoms with Crippen LogP contribution in [0.3, 0.4) is 0 Å². The fourth-order valence-electron chi connectivity index (χ4n) is 3.78. The third kappa shape index (κ3) is 4.58. The van der Waals surface area contributed by atoms with E-state index in [4.69, 9.17) is 11.6 Å². The van der Waals surface area contributed by atoms with Crippen LogP contribution < -0.4 is 0 Å². The summed E-state index contributed by atoms with van der Waals surface area (Å²) in [7, 11) is 0. The van der Waals surface area contributed by atoms with Crippen LogP contribution in [0.1, 0.15) is 55.2 Å². The van der Waals surface area contributed by atoms with Crippen LogP contribution in [0.25, 0.3) is 0 Å². The highest BCUT2D eigenvalue weighted by molar-refractivity contribution is 7.10. The van der Waals surface area contributed by atoms with Crippen molar-refractivity contribution in [2.75, 3.05) is 19.6 Å². The first kappa shape index (κ1) is 20.9. The van der Waals surface area contributed by atoms with Gasteiger partial charge in [-0.3, -0.25) is 9.59 Å². The Balaban J connectivity index is 1.87. The van der Waals surface area contributed by atoms with E-state index in [9.17, 15) is 9.59 Å². The van der Waals surface area contributed by atoms with Gasteiger partial charge in [0.15, 0.2) is 0 Å². The molecule has 0 N–H and O–H groups in total. The smallest absolute Gasteiger partial charge is 0.242 e. The number of hydrogen-bond acceptors (Lipinski definition) is 3. The van der Waals surface area contributed by atoms with Gasteiger partial charge in [0.05, 0.1) is 12.6 Å². The zero-order chi connectivity index (χ0) is 20.1. The number of carbonyl (C=O) groups excluding carboxylic acids is 2. The van der Waals surface area contributed by atoms with Gasteiger partial charge in [0.2, 0.25) is 11.8 Å². The summed E-state index contributed by atoms with van der Waals surface area (Å²) in [5.41, 5.74) is 2.24. The lowest BCUT2D eigenvalue weighted by molar-refractivity contribution is -0.141. The Morgan fingerprint density at radius 2 is 1.93 bits per heavy atom. The van der Waals surface area contributed by atoms with Crippen LogP contribution in [0.4, 0.5) is 0 Å². The minimum absolute atomic E-state index is 0.00898. The van der Waals surface area contributed by atoms with Crippen LogP contribution >= 0.6 is 22.9 Å². The van der Waals surface area contributed by atoms with Gasteiger partial charge in [0.25, 0.3) is 0 Å². The molecule has 0 saturated heterocycles. The minimum Gasteiger partial charge on any atom is -0.333 e. The van der Waals surface area contributed by atoms with E-state index in [1.54, 1.807) is 16.2 Å². The molecule has 0 bridgehead atoms. The minimum atomic E-state index is -0.121. The first-order chi connectivity index (χ1) is 13.5. The van der Waals surface area contributed by atoms with Crippen molar-refractivity contribution in [2.24, 2.45) is 0 Å². The van der Waals surface area contributed by atoms with E-state index in [0.717, 1.165) is 24.8 Å². The quantitative estimate of drug-likeness (QED) is 0.640. The van der Waals surface area contributed by atoms with Crippen LogP contribution in [0.2, 0.25) is 5.02 Å². The molecule has 1 atom stereocenters. The molecule has 28 heavy (non-hydrogen) atoms. The molecule has 0 saturated carbocycles. The molecule has 0 radical (unpaired) electrons. The van der Waals surface area contributed by atoms with Crippen molar-refractivity contribution in [2.45, 2.75) is 45.6 Å². The molecule has 0 fully saturated rings. The van der Waals surface area contributed by atoms with Crippen LogP contribution in [0.5, 0.6) is 0 Å². The Hall–Kier alpha value is -1.85. The maximum Gasteiger partial charge on any atom is 0.242 e. The van der Waals surface area contributed by atoms with Crippen molar-refractivity contribution in [1.82, 2.24) is 9.80 Å². The van der Waals surface area contributed by atoms with Gasteiger partial charge in [0.1, 0.15) is 0 Å². The van der Waals surface area contributed by atoms with Gasteiger partial charge in [0, 0.05) is 29.4 Å². The predicted molar refractivity (Wildman–Crippen MR) is 115 cm³/mol. The summed E-state index contributed by atoms with van der Waals surface area (Å²) in [6, 6.07) is 9.72. The molecule has 1 unspecified atom stereocenters. The molecule has 2 amide bonds. The number of amides is 2. The fraction of sp³-hybridized carbons (Fsp3) is 0.455. The van der Waals surface area contributed by atoms with Crippen LogP contribution in [0.15, 0.2) is 35.7 Å². The van der Waals surface area contributed by atoms with E-state index in [-0.39, 0.29) is 24.4 Å². The van der Waals surface area contributed by atoms with E-state index in [2.05, 4.69) is 11.4 Å². The van der Waals surface area contributed by atoms with Gasteiger partial charge in [-0.25, -0.2) is 0 Å². The molecule has 2 heterocycles. The summed E-state index contributed by atoms with van der Waals surface area (Å²) < 4.78 is 0. The first-order valence-electron chi connectivity index (χ1n) is 9.94. The van der Waals surface area contributed by atoms with Crippen LogP contribution in [0, 0.1) is 0 Å². The third-order valence-electron chi connectivity index (χ3n) is 5.11. The van der Waals surface area contributed by atoms with E-state index >= 15 is 0 Å². The predicted octanol–water partition coefficient (Wildman–Crippen LogP) is 4.91.